The fourth-order valence-electron chi connectivity index (χ4n) is 4.60. The van der Waals surface area contributed by atoms with Gasteiger partial charge in [0, 0.05) is 16.5 Å². The van der Waals surface area contributed by atoms with Crippen LogP contribution in [-0.4, -0.2) is 9.38 Å². The molecule has 0 aliphatic rings. The highest BCUT2D eigenvalue weighted by Gasteiger charge is 2.19. The van der Waals surface area contributed by atoms with Crippen LogP contribution in [0.5, 0.6) is 0 Å². The molecule has 0 bridgehead atoms. The summed E-state index contributed by atoms with van der Waals surface area (Å²) in [5.41, 5.74) is 5.37. The van der Waals surface area contributed by atoms with Gasteiger partial charge in [-0.05, 0) is 60.0 Å². The topological polar surface area (TPSA) is 17.3 Å². The van der Waals surface area contributed by atoms with Gasteiger partial charge < -0.3 is 0 Å². The van der Waals surface area contributed by atoms with Gasteiger partial charge in [-0.2, -0.15) is 4.39 Å². The number of hydrogen-bond donors (Lipinski definition) is 0. The van der Waals surface area contributed by atoms with Gasteiger partial charge >= 0.3 is 0 Å². The summed E-state index contributed by atoms with van der Waals surface area (Å²) in [5.74, 6) is 0. The highest BCUT2D eigenvalue weighted by atomic mass is 32.1. The van der Waals surface area contributed by atoms with E-state index < -0.39 is 0 Å². The number of pyridine rings is 1. The van der Waals surface area contributed by atoms with Crippen molar-refractivity contribution in [2.24, 2.45) is 0 Å². The van der Waals surface area contributed by atoms with Crippen LogP contribution >= 0.6 is 11.3 Å². The molecule has 0 aliphatic carbocycles. The van der Waals surface area contributed by atoms with Crippen molar-refractivity contribution in [3.8, 4) is 0 Å². The van der Waals surface area contributed by atoms with Crippen molar-refractivity contribution >= 4 is 59.5 Å². The largest absolute Gasteiger partial charge is 0.295 e. The first-order chi connectivity index (χ1) is 13.5. The zero-order valence-corrected chi connectivity index (χ0v) is 16.6. The molecule has 0 saturated carbocycles. The molecule has 6 aromatic rings. The van der Waals surface area contributed by atoms with Crippen LogP contribution in [0, 0.1) is 25.9 Å². The van der Waals surface area contributed by atoms with E-state index in [0.717, 1.165) is 43.4 Å². The Labute approximate surface area is 164 Å². The van der Waals surface area contributed by atoms with E-state index in [1.807, 2.05) is 13.0 Å². The van der Waals surface area contributed by atoms with Crippen molar-refractivity contribution in [2.75, 3.05) is 0 Å². The number of rotatable bonds is 0. The average Bonchev–Trinajstić information content (AvgIpc) is 3.21. The minimum Gasteiger partial charge on any atom is -0.295 e. The summed E-state index contributed by atoms with van der Waals surface area (Å²) in [7, 11) is 0. The van der Waals surface area contributed by atoms with Crippen molar-refractivity contribution in [2.45, 2.75) is 20.8 Å². The standard InChI is InChI=1S/C24H17FN2S/c1-12-17-7-5-4-6-15(17)10-19-21(12)18-9-8-16-11-20(25)28-23(16)22(18)27-14(3)13(2)26-24(19)27/h4-11H,1-3H3. The number of hydrogen-bond acceptors (Lipinski definition) is 2. The first-order valence-corrected chi connectivity index (χ1v) is 10.2. The van der Waals surface area contributed by atoms with E-state index in [9.17, 15) is 4.39 Å². The Morgan fingerprint density at radius 1 is 0.893 bits per heavy atom. The molecular weight excluding hydrogens is 367 g/mol. The Hall–Kier alpha value is -2.98. The second-order valence-electron chi connectivity index (χ2n) is 7.52. The van der Waals surface area contributed by atoms with Gasteiger partial charge in [-0.15, -0.1) is 11.3 Å². The molecule has 0 N–H and O–H groups in total. The minimum atomic E-state index is -0.152. The van der Waals surface area contributed by atoms with Crippen molar-refractivity contribution in [3.63, 3.8) is 0 Å². The molecule has 0 atom stereocenters. The van der Waals surface area contributed by atoms with Crippen molar-refractivity contribution in [1.29, 1.82) is 0 Å². The van der Waals surface area contributed by atoms with Crippen LogP contribution in [0.3, 0.4) is 0 Å². The monoisotopic (exact) mass is 384 g/mol. The van der Waals surface area contributed by atoms with E-state index in [4.69, 9.17) is 4.98 Å². The van der Waals surface area contributed by atoms with Crippen molar-refractivity contribution in [3.05, 3.63) is 70.6 Å². The molecule has 28 heavy (non-hydrogen) atoms. The first-order valence-electron chi connectivity index (χ1n) is 9.36. The van der Waals surface area contributed by atoms with Crippen LogP contribution in [0.4, 0.5) is 4.39 Å². The number of benzene rings is 3. The van der Waals surface area contributed by atoms with Gasteiger partial charge in [-0.25, -0.2) is 4.98 Å². The number of imidazole rings is 1. The van der Waals surface area contributed by atoms with Gasteiger partial charge in [0.1, 0.15) is 5.65 Å². The van der Waals surface area contributed by atoms with Crippen LogP contribution in [0.1, 0.15) is 17.0 Å². The summed E-state index contributed by atoms with van der Waals surface area (Å²) in [6.07, 6.45) is 0. The van der Waals surface area contributed by atoms with E-state index in [0.29, 0.717) is 0 Å². The first kappa shape index (κ1) is 16.0. The van der Waals surface area contributed by atoms with E-state index in [1.165, 1.54) is 33.1 Å². The zero-order valence-electron chi connectivity index (χ0n) is 15.8. The van der Waals surface area contributed by atoms with Crippen LogP contribution < -0.4 is 0 Å². The minimum absolute atomic E-state index is 0.152. The average molecular weight is 384 g/mol. The SMILES string of the molecule is Cc1nc2c3cc4ccccc4c(C)c3c3ccc4cc(F)sc4c3n2c1C. The number of nitrogens with zero attached hydrogens (tertiary/aromatic N) is 2. The number of fused-ring (bicyclic) bond motifs is 9. The Kier molecular flexibility index (Phi) is 3.03. The molecule has 0 radical (unpaired) electrons. The summed E-state index contributed by atoms with van der Waals surface area (Å²) in [5, 5.41) is 6.77. The Balaban J connectivity index is 2.05. The molecule has 3 heterocycles. The summed E-state index contributed by atoms with van der Waals surface area (Å²) < 4.78 is 17.4. The van der Waals surface area contributed by atoms with Crippen LogP contribution in [0.2, 0.25) is 0 Å². The maximum Gasteiger partial charge on any atom is 0.177 e. The summed E-state index contributed by atoms with van der Waals surface area (Å²) in [6, 6.07) is 16.5. The van der Waals surface area contributed by atoms with E-state index in [2.05, 4.69) is 54.6 Å². The molecule has 2 nitrogen and oxygen atoms in total. The second-order valence-corrected chi connectivity index (χ2v) is 8.52. The summed E-state index contributed by atoms with van der Waals surface area (Å²) in [4.78, 5) is 4.93. The second kappa shape index (κ2) is 5.30. The molecule has 0 saturated heterocycles. The van der Waals surface area contributed by atoms with Crippen molar-refractivity contribution < 1.29 is 4.39 Å². The van der Waals surface area contributed by atoms with Gasteiger partial charge in [0.15, 0.2) is 5.13 Å². The van der Waals surface area contributed by atoms with Gasteiger partial charge in [0.25, 0.3) is 0 Å². The molecular formula is C24H17FN2S. The third-order valence-corrected chi connectivity index (χ3v) is 6.96. The molecule has 6 rings (SSSR count). The molecule has 0 spiro atoms. The molecule has 136 valence electrons. The predicted molar refractivity (Wildman–Crippen MR) is 117 cm³/mol. The fraction of sp³-hybridized carbons (Fsp3) is 0.125. The number of aromatic nitrogens is 2. The van der Waals surface area contributed by atoms with E-state index in [-0.39, 0.29) is 5.13 Å². The Morgan fingerprint density at radius 3 is 2.57 bits per heavy atom. The highest BCUT2D eigenvalue weighted by Crippen LogP contribution is 2.41. The Morgan fingerprint density at radius 2 is 1.71 bits per heavy atom. The molecule has 0 fully saturated rings. The summed E-state index contributed by atoms with van der Waals surface area (Å²) in [6.45, 7) is 6.32. The number of aryl methyl sites for hydroxylation is 3. The molecule has 0 aliphatic heterocycles. The molecule has 3 aromatic carbocycles. The van der Waals surface area contributed by atoms with Crippen LogP contribution in [-0.2, 0) is 0 Å². The molecule has 0 amide bonds. The van der Waals surface area contributed by atoms with Gasteiger partial charge in [-0.3, -0.25) is 4.40 Å². The molecule has 0 unspecified atom stereocenters. The smallest absolute Gasteiger partial charge is 0.177 e. The molecule has 4 heteroatoms. The number of thiophene rings is 1. The highest BCUT2D eigenvalue weighted by molar-refractivity contribution is 7.18. The third kappa shape index (κ3) is 1.88. The lowest BCUT2D eigenvalue weighted by molar-refractivity contribution is 0.658. The normalized spacial score (nSPS) is 12.3. The van der Waals surface area contributed by atoms with Crippen LogP contribution in [0.25, 0.3) is 48.2 Å². The zero-order chi connectivity index (χ0) is 19.2. The lowest BCUT2D eigenvalue weighted by atomic mass is 9.95. The van der Waals surface area contributed by atoms with E-state index >= 15 is 0 Å². The Bertz CT molecular complexity index is 1600. The lowest BCUT2D eigenvalue weighted by Crippen LogP contribution is -1.95. The predicted octanol–water partition coefficient (Wildman–Crippen LogP) is 7.07. The maximum atomic E-state index is 14.2. The maximum absolute atomic E-state index is 14.2. The number of halogens is 1. The van der Waals surface area contributed by atoms with Crippen molar-refractivity contribution in [1.82, 2.24) is 9.38 Å². The van der Waals surface area contributed by atoms with Gasteiger partial charge in [0.05, 0.1) is 15.9 Å². The lowest BCUT2D eigenvalue weighted by Gasteiger charge is -2.14. The van der Waals surface area contributed by atoms with Crippen LogP contribution in [0.15, 0.2) is 48.5 Å². The third-order valence-electron chi connectivity index (χ3n) is 6.02. The quantitative estimate of drug-likeness (QED) is 0.202. The van der Waals surface area contributed by atoms with Gasteiger partial charge in [-0.1, -0.05) is 36.4 Å². The molecule has 3 aromatic heterocycles. The van der Waals surface area contributed by atoms with Gasteiger partial charge in [0.2, 0.25) is 0 Å². The van der Waals surface area contributed by atoms with E-state index in [1.54, 1.807) is 6.07 Å². The summed E-state index contributed by atoms with van der Waals surface area (Å²) >= 11 is 1.22. The fourth-order valence-corrected chi connectivity index (χ4v) is 5.52.